The number of hydrogen-bond donors (Lipinski definition) is 2. The standard InChI is InChI=1S/C23H28ClN3O3S/c1-3-4-5-6-7-8-12-26-31(28,29)23-15-19(24)9-10-20(23)27-17(2)22-14-18-16-25-13-11-21(18)30-22/h3,9-11,13-17,26-27H,1,4-8,12H2,2H3. The number of fused-ring (bicyclic) bond motifs is 1. The largest absolute Gasteiger partial charge is 0.459 e. The number of unbranched alkanes of at least 4 members (excludes halogenated alkanes) is 4. The summed E-state index contributed by atoms with van der Waals surface area (Å²) in [6.45, 7) is 6.00. The minimum atomic E-state index is -3.72. The molecule has 0 amide bonds. The maximum Gasteiger partial charge on any atom is 0.242 e. The van der Waals surface area contributed by atoms with Crippen molar-refractivity contribution in [2.45, 2.75) is 50.0 Å². The summed E-state index contributed by atoms with van der Waals surface area (Å²) in [7, 11) is -3.72. The molecule has 2 heterocycles. The number of nitrogens with zero attached hydrogens (tertiary/aromatic N) is 1. The number of benzene rings is 1. The number of pyridine rings is 1. The van der Waals surface area contributed by atoms with Gasteiger partial charge in [-0.1, -0.05) is 30.5 Å². The predicted octanol–water partition coefficient (Wildman–Crippen LogP) is 6.07. The molecule has 1 aromatic carbocycles. The first-order valence-corrected chi connectivity index (χ1v) is 12.3. The van der Waals surface area contributed by atoms with Crippen LogP contribution < -0.4 is 10.0 Å². The second kappa shape index (κ2) is 10.8. The molecule has 1 atom stereocenters. The molecule has 0 aliphatic heterocycles. The average molecular weight is 462 g/mol. The molecule has 0 radical (unpaired) electrons. The van der Waals surface area contributed by atoms with Gasteiger partial charge in [-0.3, -0.25) is 4.98 Å². The highest BCUT2D eigenvalue weighted by Crippen LogP contribution is 2.30. The summed E-state index contributed by atoms with van der Waals surface area (Å²) in [5, 5.41) is 4.50. The van der Waals surface area contributed by atoms with Crippen molar-refractivity contribution in [1.29, 1.82) is 0 Å². The summed E-state index contributed by atoms with van der Waals surface area (Å²) in [5.41, 5.74) is 1.20. The Balaban J connectivity index is 1.69. The number of sulfonamides is 1. The van der Waals surface area contributed by atoms with Crippen LogP contribution in [-0.2, 0) is 10.0 Å². The molecular formula is C23H28ClN3O3S. The van der Waals surface area contributed by atoms with E-state index < -0.39 is 10.0 Å². The Kier molecular flexibility index (Phi) is 8.12. The Morgan fingerprint density at radius 1 is 1.19 bits per heavy atom. The van der Waals surface area contributed by atoms with Gasteiger partial charge in [-0.05, 0) is 56.5 Å². The minimum absolute atomic E-state index is 0.122. The lowest BCUT2D eigenvalue weighted by Gasteiger charge is -2.17. The van der Waals surface area contributed by atoms with Crippen LogP contribution in [0.15, 0.2) is 64.7 Å². The molecule has 0 spiro atoms. The van der Waals surface area contributed by atoms with Gasteiger partial charge in [0.25, 0.3) is 0 Å². The second-order valence-corrected chi connectivity index (χ2v) is 9.63. The normalized spacial score (nSPS) is 12.7. The summed E-state index contributed by atoms with van der Waals surface area (Å²) < 4.78 is 34.5. The van der Waals surface area contributed by atoms with Crippen LogP contribution in [0.5, 0.6) is 0 Å². The molecular weight excluding hydrogens is 434 g/mol. The van der Waals surface area contributed by atoms with E-state index in [1.807, 2.05) is 19.1 Å². The van der Waals surface area contributed by atoms with Crippen molar-refractivity contribution in [3.05, 3.63) is 66.2 Å². The second-order valence-electron chi connectivity index (χ2n) is 7.46. The monoisotopic (exact) mass is 461 g/mol. The quantitative estimate of drug-likeness (QED) is 0.252. The van der Waals surface area contributed by atoms with Gasteiger partial charge < -0.3 is 9.73 Å². The number of nitrogens with one attached hydrogen (secondary N) is 2. The number of rotatable bonds is 12. The van der Waals surface area contributed by atoms with Crippen LogP contribution in [0, 0.1) is 0 Å². The van der Waals surface area contributed by atoms with Crippen molar-refractivity contribution in [2.75, 3.05) is 11.9 Å². The van der Waals surface area contributed by atoms with Gasteiger partial charge >= 0.3 is 0 Å². The Bertz CT molecular complexity index is 1100. The topological polar surface area (TPSA) is 84.2 Å². The summed E-state index contributed by atoms with van der Waals surface area (Å²) in [6, 6.07) is 8.24. The SMILES string of the molecule is C=CCCCCCCNS(=O)(=O)c1cc(Cl)ccc1NC(C)c1cc2cnccc2o1. The lowest BCUT2D eigenvalue weighted by molar-refractivity contribution is 0.525. The van der Waals surface area contributed by atoms with Gasteiger partial charge in [0, 0.05) is 29.3 Å². The zero-order valence-corrected chi connectivity index (χ0v) is 19.2. The number of aromatic nitrogens is 1. The van der Waals surface area contributed by atoms with Crippen molar-refractivity contribution >= 4 is 38.3 Å². The van der Waals surface area contributed by atoms with Crippen LogP contribution in [-0.4, -0.2) is 19.9 Å². The van der Waals surface area contributed by atoms with Gasteiger partial charge in [0.1, 0.15) is 16.2 Å². The van der Waals surface area contributed by atoms with E-state index in [2.05, 4.69) is 21.6 Å². The Labute approximate surface area is 188 Å². The van der Waals surface area contributed by atoms with E-state index in [0.29, 0.717) is 23.0 Å². The fourth-order valence-corrected chi connectivity index (χ4v) is 4.82. The molecule has 0 fully saturated rings. The number of hydrogen-bond acceptors (Lipinski definition) is 5. The van der Waals surface area contributed by atoms with Crippen molar-refractivity contribution < 1.29 is 12.8 Å². The molecule has 0 saturated carbocycles. The van der Waals surface area contributed by atoms with Gasteiger partial charge in [-0.15, -0.1) is 6.58 Å². The Morgan fingerprint density at radius 2 is 2.00 bits per heavy atom. The minimum Gasteiger partial charge on any atom is -0.459 e. The van der Waals surface area contributed by atoms with E-state index in [1.54, 1.807) is 30.6 Å². The summed E-state index contributed by atoms with van der Waals surface area (Å²) >= 11 is 6.11. The molecule has 166 valence electrons. The fourth-order valence-electron chi connectivity index (χ4n) is 3.31. The molecule has 2 aromatic heterocycles. The smallest absolute Gasteiger partial charge is 0.242 e. The van der Waals surface area contributed by atoms with E-state index >= 15 is 0 Å². The third kappa shape index (κ3) is 6.32. The van der Waals surface area contributed by atoms with Crippen molar-refractivity contribution in [1.82, 2.24) is 9.71 Å². The van der Waals surface area contributed by atoms with Crippen LogP contribution >= 0.6 is 11.6 Å². The number of anilines is 1. The third-order valence-corrected chi connectivity index (χ3v) is 6.73. The van der Waals surface area contributed by atoms with Gasteiger partial charge in [0.15, 0.2) is 0 Å². The van der Waals surface area contributed by atoms with Crippen LogP contribution in [0.1, 0.15) is 50.8 Å². The lowest BCUT2D eigenvalue weighted by Crippen LogP contribution is -2.26. The molecule has 3 rings (SSSR count). The van der Waals surface area contributed by atoms with E-state index in [4.69, 9.17) is 16.0 Å². The lowest BCUT2D eigenvalue weighted by atomic mass is 10.1. The number of furan rings is 1. The highest BCUT2D eigenvalue weighted by Gasteiger charge is 2.21. The molecule has 3 aromatic rings. The molecule has 6 nitrogen and oxygen atoms in total. The van der Waals surface area contributed by atoms with Crippen LogP contribution in [0.3, 0.4) is 0 Å². The summed E-state index contributed by atoms with van der Waals surface area (Å²) in [6.07, 6.45) is 10.2. The van der Waals surface area contributed by atoms with E-state index in [9.17, 15) is 8.42 Å². The van der Waals surface area contributed by atoms with Crippen molar-refractivity contribution in [3.63, 3.8) is 0 Å². The molecule has 2 N–H and O–H groups in total. The number of allylic oxidation sites excluding steroid dienone is 1. The van der Waals surface area contributed by atoms with E-state index in [0.717, 1.165) is 43.1 Å². The first kappa shape index (κ1) is 23.3. The molecule has 31 heavy (non-hydrogen) atoms. The van der Waals surface area contributed by atoms with Gasteiger partial charge in [-0.25, -0.2) is 13.1 Å². The molecule has 0 saturated heterocycles. The summed E-state index contributed by atoms with van der Waals surface area (Å²) in [5.74, 6) is 0.689. The first-order chi connectivity index (χ1) is 14.9. The highest BCUT2D eigenvalue weighted by molar-refractivity contribution is 7.89. The third-order valence-electron chi connectivity index (χ3n) is 4.99. The van der Waals surface area contributed by atoms with Gasteiger partial charge in [0.2, 0.25) is 10.0 Å². The number of halogens is 1. The van der Waals surface area contributed by atoms with Crippen molar-refractivity contribution in [3.8, 4) is 0 Å². The van der Waals surface area contributed by atoms with Crippen molar-refractivity contribution in [2.24, 2.45) is 0 Å². The summed E-state index contributed by atoms with van der Waals surface area (Å²) in [4.78, 5) is 4.22. The zero-order valence-electron chi connectivity index (χ0n) is 17.6. The molecule has 0 aliphatic carbocycles. The molecule has 8 heteroatoms. The maximum atomic E-state index is 12.9. The Morgan fingerprint density at radius 3 is 2.77 bits per heavy atom. The van der Waals surface area contributed by atoms with Gasteiger partial charge in [-0.2, -0.15) is 0 Å². The Hall–Kier alpha value is -2.35. The van der Waals surface area contributed by atoms with Crippen LogP contribution in [0.4, 0.5) is 5.69 Å². The zero-order chi connectivity index (χ0) is 22.3. The van der Waals surface area contributed by atoms with Crippen LogP contribution in [0.2, 0.25) is 5.02 Å². The van der Waals surface area contributed by atoms with Crippen LogP contribution in [0.25, 0.3) is 11.0 Å². The van der Waals surface area contributed by atoms with Gasteiger partial charge in [0.05, 0.1) is 11.7 Å². The predicted molar refractivity (Wildman–Crippen MR) is 126 cm³/mol. The van der Waals surface area contributed by atoms with E-state index in [1.165, 1.54) is 6.07 Å². The van der Waals surface area contributed by atoms with E-state index in [-0.39, 0.29) is 10.9 Å². The first-order valence-electron chi connectivity index (χ1n) is 10.4. The molecule has 0 aliphatic rings. The maximum absolute atomic E-state index is 12.9. The molecule has 1 unspecified atom stereocenters. The molecule has 0 bridgehead atoms. The average Bonchev–Trinajstić information content (AvgIpc) is 3.19. The highest BCUT2D eigenvalue weighted by atomic mass is 35.5. The fraction of sp³-hybridized carbons (Fsp3) is 0.348.